The minimum absolute atomic E-state index is 0.130. The van der Waals surface area contributed by atoms with Gasteiger partial charge in [0.1, 0.15) is 5.75 Å². The monoisotopic (exact) mass is 454 g/mol. The Bertz CT molecular complexity index is 1130. The summed E-state index contributed by atoms with van der Waals surface area (Å²) >= 11 is 0. The van der Waals surface area contributed by atoms with E-state index >= 15 is 0 Å². The van der Waals surface area contributed by atoms with Crippen molar-refractivity contribution in [1.29, 1.82) is 0 Å². The van der Waals surface area contributed by atoms with Gasteiger partial charge >= 0.3 is 0 Å². The maximum atomic E-state index is 13.5. The van der Waals surface area contributed by atoms with Crippen LogP contribution in [0.3, 0.4) is 0 Å². The second-order valence-electron chi connectivity index (χ2n) is 9.16. The highest BCUT2D eigenvalue weighted by atomic mass is 32.2. The molecule has 6 nitrogen and oxygen atoms in total. The maximum Gasteiger partial charge on any atom is 0.264 e. The highest BCUT2D eigenvalue weighted by Gasteiger charge is 2.35. The fourth-order valence-corrected chi connectivity index (χ4v) is 7.19. The number of fused-ring (bicyclic) bond motifs is 2. The number of nitrogens with zero attached hydrogens (tertiary/aromatic N) is 2. The molecule has 32 heavy (non-hydrogen) atoms. The standard InChI is InChI=1S/C25H30N2O4S/c1-31-24-11-10-21(32(29,30)27-15-13-19-7-4-5-9-23(19)27)16-22(24)25(28)26-14-12-18-6-2-3-8-20(18)17-26/h4-5,7,9-11,16,18,20H,2-3,6,8,12-15,17H2,1H3/t18-,20+/m0/s1. The molecule has 2 aromatic rings. The topological polar surface area (TPSA) is 66.9 Å². The molecule has 5 rings (SSSR count). The summed E-state index contributed by atoms with van der Waals surface area (Å²) in [6, 6.07) is 12.2. The van der Waals surface area contributed by atoms with Crippen LogP contribution in [-0.2, 0) is 16.4 Å². The van der Waals surface area contributed by atoms with Crippen LogP contribution in [0.5, 0.6) is 5.75 Å². The molecule has 1 amide bonds. The normalized spacial score (nSPS) is 22.9. The molecule has 3 aliphatic rings. The lowest BCUT2D eigenvalue weighted by molar-refractivity contribution is 0.0518. The van der Waals surface area contributed by atoms with Gasteiger partial charge in [-0.15, -0.1) is 0 Å². The van der Waals surface area contributed by atoms with Crippen molar-refractivity contribution in [2.24, 2.45) is 11.8 Å². The lowest BCUT2D eigenvalue weighted by atomic mass is 9.75. The molecule has 2 heterocycles. The van der Waals surface area contributed by atoms with Crippen molar-refractivity contribution in [2.45, 2.75) is 43.4 Å². The van der Waals surface area contributed by atoms with Crippen LogP contribution in [0.1, 0.15) is 48.0 Å². The highest BCUT2D eigenvalue weighted by Crippen LogP contribution is 2.38. The third kappa shape index (κ3) is 3.66. The van der Waals surface area contributed by atoms with Gasteiger partial charge in [-0.3, -0.25) is 9.10 Å². The summed E-state index contributed by atoms with van der Waals surface area (Å²) in [6.07, 6.45) is 6.68. The summed E-state index contributed by atoms with van der Waals surface area (Å²) in [4.78, 5) is 15.5. The first-order valence-corrected chi connectivity index (χ1v) is 13.0. The number of para-hydroxylation sites is 1. The van der Waals surface area contributed by atoms with Gasteiger partial charge in [0.2, 0.25) is 0 Å². The van der Waals surface area contributed by atoms with Gasteiger partial charge in [0.25, 0.3) is 15.9 Å². The Hall–Kier alpha value is -2.54. The van der Waals surface area contributed by atoms with Gasteiger partial charge < -0.3 is 9.64 Å². The van der Waals surface area contributed by atoms with E-state index in [-0.39, 0.29) is 10.8 Å². The number of benzene rings is 2. The Morgan fingerprint density at radius 2 is 1.78 bits per heavy atom. The largest absolute Gasteiger partial charge is 0.496 e. The second kappa shape index (κ2) is 8.43. The van der Waals surface area contributed by atoms with E-state index in [0.29, 0.717) is 30.2 Å². The van der Waals surface area contributed by atoms with E-state index in [1.54, 1.807) is 12.1 Å². The molecule has 7 heteroatoms. The average Bonchev–Trinajstić information content (AvgIpc) is 3.28. The van der Waals surface area contributed by atoms with Crippen LogP contribution < -0.4 is 9.04 Å². The van der Waals surface area contributed by atoms with E-state index in [4.69, 9.17) is 4.74 Å². The number of hydrogen-bond donors (Lipinski definition) is 0. The first kappa shape index (κ1) is 21.3. The van der Waals surface area contributed by atoms with E-state index < -0.39 is 10.0 Å². The van der Waals surface area contributed by atoms with Gasteiger partial charge in [-0.1, -0.05) is 37.5 Å². The Balaban J connectivity index is 1.45. The smallest absolute Gasteiger partial charge is 0.264 e. The van der Waals surface area contributed by atoms with Crippen LogP contribution in [0.4, 0.5) is 5.69 Å². The molecular weight excluding hydrogens is 424 g/mol. The predicted octanol–water partition coefficient (Wildman–Crippen LogP) is 4.10. The van der Waals surface area contributed by atoms with Gasteiger partial charge in [-0.25, -0.2) is 8.42 Å². The summed E-state index contributed by atoms with van der Waals surface area (Å²) in [5, 5.41) is 0. The molecule has 0 unspecified atom stereocenters. The number of rotatable bonds is 4. The summed E-state index contributed by atoms with van der Waals surface area (Å²) < 4.78 is 33.9. The second-order valence-corrected chi connectivity index (χ2v) is 11.0. The molecule has 0 spiro atoms. The van der Waals surface area contributed by atoms with E-state index in [1.807, 2.05) is 29.2 Å². The average molecular weight is 455 g/mol. The number of anilines is 1. The minimum Gasteiger partial charge on any atom is -0.496 e. The van der Waals surface area contributed by atoms with Crippen molar-refractivity contribution in [3.63, 3.8) is 0 Å². The number of carbonyl (C=O) groups is 1. The SMILES string of the molecule is COc1ccc(S(=O)(=O)N2CCc3ccccc32)cc1C(=O)N1CC[C@@H]2CCCC[C@@H]2C1. The summed E-state index contributed by atoms with van der Waals surface area (Å²) in [5.41, 5.74) is 2.07. The molecule has 1 saturated carbocycles. The van der Waals surface area contributed by atoms with Gasteiger partial charge in [-0.05, 0) is 60.9 Å². The van der Waals surface area contributed by atoms with Gasteiger partial charge in [0.15, 0.2) is 0 Å². The fourth-order valence-electron chi connectivity index (χ4n) is 5.66. The maximum absolute atomic E-state index is 13.5. The van der Waals surface area contributed by atoms with E-state index in [9.17, 15) is 13.2 Å². The van der Waals surface area contributed by atoms with Gasteiger partial charge in [0.05, 0.1) is 23.3 Å². The number of sulfonamides is 1. The third-order valence-electron chi connectivity index (χ3n) is 7.41. The fraction of sp³-hybridized carbons (Fsp3) is 0.480. The summed E-state index contributed by atoms with van der Waals surface area (Å²) in [6.45, 7) is 1.88. The molecule has 2 aromatic carbocycles. The first-order chi connectivity index (χ1) is 15.5. The molecule has 1 saturated heterocycles. The van der Waals surface area contributed by atoms with Crippen molar-refractivity contribution < 1.29 is 17.9 Å². The van der Waals surface area contributed by atoms with Crippen molar-refractivity contribution >= 4 is 21.6 Å². The van der Waals surface area contributed by atoms with Crippen molar-refractivity contribution in [2.75, 3.05) is 31.0 Å². The van der Waals surface area contributed by atoms with Crippen molar-refractivity contribution in [1.82, 2.24) is 4.90 Å². The quantitative estimate of drug-likeness (QED) is 0.698. The Morgan fingerprint density at radius 3 is 2.59 bits per heavy atom. The molecule has 1 aliphatic carbocycles. The number of carbonyl (C=O) groups excluding carboxylic acids is 1. The molecule has 0 aromatic heterocycles. The third-order valence-corrected chi connectivity index (χ3v) is 9.22. The molecular formula is C25H30N2O4S. The van der Waals surface area contributed by atoms with E-state index in [1.165, 1.54) is 43.2 Å². The predicted molar refractivity (Wildman–Crippen MR) is 124 cm³/mol. The zero-order valence-corrected chi connectivity index (χ0v) is 19.3. The van der Waals surface area contributed by atoms with Crippen molar-refractivity contribution in [3.8, 4) is 5.75 Å². The lowest BCUT2D eigenvalue weighted by Crippen LogP contribution is -2.44. The highest BCUT2D eigenvalue weighted by molar-refractivity contribution is 7.92. The Kier molecular flexibility index (Phi) is 5.61. The van der Waals surface area contributed by atoms with Crippen LogP contribution >= 0.6 is 0 Å². The zero-order chi connectivity index (χ0) is 22.3. The lowest BCUT2D eigenvalue weighted by Gasteiger charge is -2.41. The van der Waals surface area contributed by atoms with E-state index in [0.717, 1.165) is 36.7 Å². The molecule has 2 atom stereocenters. The van der Waals surface area contributed by atoms with Gasteiger partial charge in [-0.2, -0.15) is 0 Å². The molecule has 170 valence electrons. The number of ether oxygens (including phenoxy) is 1. The van der Waals surface area contributed by atoms with Crippen LogP contribution in [0.25, 0.3) is 0 Å². The number of hydrogen-bond acceptors (Lipinski definition) is 4. The van der Waals surface area contributed by atoms with Crippen LogP contribution in [0, 0.1) is 11.8 Å². The summed E-state index contributed by atoms with van der Waals surface area (Å²) in [5.74, 6) is 1.56. The molecule has 2 aliphatic heterocycles. The van der Waals surface area contributed by atoms with E-state index in [2.05, 4.69) is 0 Å². The Labute approximate surface area is 190 Å². The molecule has 0 N–H and O–H groups in total. The molecule has 0 radical (unpaired) electrons. The number of likely N-dealkylation sites (tertiary alicyclic amines) is 1. The van der Waals surface area contributed by atoms with Crippen LogP contribution in [0.2, 0.25) is 0 Å². The number of methoxy groups -OCH3 is 1. The molecule has 0 bridgehead atoms. The minimum atomic E-state index is -3.78. The van der Waals surface area contributed by atoms with Crippen molar-refractivity contribution in [3.05, 3.63) is 53.6 Å². The van der Waals surface area contributed by atoms with Gasteiger partial charge in [0, 0.05) is 19.6 Å². The Morgan fingerprint density at radius 1 is 1.00 bits per heavy atom. The van der Waals surface area contributed by atoms with Crippen LogP contribution in [-0.4, -0.2) is 46.0 Å². The molecule has 2 fully saturated rings. The first-order valence-electron chi connectivity index (χ1n) is 11.6. The zero-order valence-electron chi connectivity index (χ0n) is 18.5. The number of amides is 1. The summed E-state index contributed by atoms with van der Waals surface area (Å²) in [7, 11) is -2.26. The van der Waals surface area contributed by atoms with Crippen LogP contribution in [0.15, 0.2) is 47.4 Å². The number of piperidine rings is 1.